The number of rotatable bonds is 5. The molecule has 1 aromatic carbocycles. The van der Waals surface area contributed by atoms with Gasteiger partial charge in [0.15, 0.2) is 0 Å². The zero-order valence-electron chi connectivity index (χ0n) is 16.2. The molecule has 0 bridgehead atoms. The van der Waals surface area contributed by atoms with Crippen molar-refractivity contribution in [2.24, 2.45) is 5.92 Å². The molecule has 1 amide bonds. The van der Waals surface area contributed by atoms with Gasteiger partial charge in [-0.3, -0.25) is 9.78 Å². The van der Waals surface area contributed by atoms with Gasteiger partial charge in [0.05, 0.1) is 5.52 Å². The van der Waals surface area contributed by atoms with Gasteiger partial charge in [0.2, 0.25) is 15.9 Å². The van der Waals surface area contributed by atoms with Crippen molar-refractivity contribution in [2.45, 2.75) is 38.5 Å². The largest absolute Gasteiger partial charge is 0.340 e. The molecule has 0 saturated carbocycles. The molecular formula is C20H27N3O3S. The van der Waals surface area contributed by atoms with Crippen molar-refractivity contribution in [3.8, 4) is 0 Å². The molecule has 27 heavy (non-hydrogen) atoms. The topological polar surface area (TPSA) is 70.6 Å². The molecule has 6 nitrogen and oxygen atoms in total. The lowest BCUT2D eigenvalue weighted by Gasteiger charge is -2.35. The zero-order valence-corrected chi connectivity index (χ0v) is 17.0. The van der Waals surface area contributed by atoms with Gasteiger partial charge in [-0.05, 0) is 31.0 Å². The minimum Gasteiger partial charge on any atom is -0.340 e. The van der Waals surface area contributed by atoms with Gasteiger partial charge in [0.1, 0.15) is 4.90 Å². The van der Waals surface area contributed by atoms with Gasteiger partial charge < -0.3 is 4.90 Å². The van der Waals surface area contributed by atoms with Gasteiger partial charge in [-0.15, -0.1) is 0 Å². The van der Waals surface area contributed by atoms with Crippen molar-refractivity contribution in [1.82, 2.24) is 14.2 Å². The molecule has 1 unspecified atom stereocenters. The molecule has 3 rings (SSSR count). The van der Waals surface area contributed by atoms with E-state index < -0.39 is 10.0 Å². The Morgan fingerprint density at radius 1 is 1.22 bits per heavy atom. The Bertz CT molecular complexity index is 935. The number of hydrogen-bond acceptors (Lipinski definition) is 4. The number of carbonyl (C=O) groups excluding carboxylic acids is 1. The van der Waals surface area contributed by atoms with Crippen LogP contribution in [0.25, 0.3) is 10.9 Å². The molecule has 146 valence electrons. The third kappa shape index (κ3) is 3.99. The van der Waals surface area contributed by atoms with Crippen molar-refractivity contribution >= 4 is 26.8 Å². The van der Waals surface area contributed by atoms with E-state index in [-0.39, 0.29) is 16.7 Å². The molecule has 2 heterocycles. The van der Waals surface area contributed by atoms with E-state index in [9.17, 15) is 13.2 Å². The molecule has 0 aliphatic carbocycles. The highest BCUT2D eigenvalue weighted by Gasteiger charge is 2.32. The predicted molar refractivity (Wildman–Crippen MR) is 106 cm³/mol. The second-order valence-corrected chi connectivity index (χ2v) is 9.17. The first-order valence-corrected chi connectivity index (χ1v) is 10.9. The fraction of sp³-hybridized carbons (Fsp3) is 0.500. The lowest BCUT2D eigenvalue weighted by molar-refractivity contribution is -0.136. The van der Waals surface area contributed by atoms with E-state index in [2.05, 4.69) is 11.9 Å². The average molecular weight is 390 g/mol. The predicted octanol–water partition coefficient (Wildman–Crippen LogP) is 2.81. The van der Waals surface area contributed by atoms with Crippen LogP contribution in [0.3, 0.4) is 0 Å². The van der Waals surface area contributed by atoms with Crippen LogP contribution < -0.4 is 0 Å². The Morgan fingerprint density at radius 2 is 1.93 bits per heavy atom. The van der Waals surface area contributed by atoms with Crippen LogP contribution in [0.1, 0.15) is 32.3 Å². The number of pyridine rings is 1. The number of benzene rings is 1. The number of aromatic nitrogens is 1. The summed E-state index contributed by atoms with van der Waals surface area (Å²) in [5.41, 5.74) is 1.49. The zero-order chi connectivity index (χ0) is 19.6. The van der Waals surface area contributed by atoms with Crippen molar-refractivity contribution in [3.05, 3.63) is 36.0 Å². The highest BCUT2D eigenvalue weighted by atomic mass is 32.2. The first-order valence-electron chi connectivity index (χ1n) is 9.49. The van der Waals surface area contributed by atoms with Crippen LogP contribution >= 0.6 is 0 Å². The second kappa shape index (κ2) is 7.94. The summed E-state index contributed by atoms with van der Waals surface area (Å²) >= 11 is 0. The summed E-state index contributed by atoms with van der Waals surface area (Å²) in [6.07, 6.45) is 3.51. The Hall–Kier alpha value is -1.99. The normalized spacial score (nSPS) is 17.2. The van der Waals surface area contributed by atoms with E-state index in [4.69, 9.17) is 0 Å². The summed E-state index contributed by atoms with van der Waals surface area (Å²) in [5.74, 6) is 0.111. The molecule has 1 fully saturated rings. The molecule has 1 atom stereocenters. The number of para-hydroxylation sites is 1. The van der Waals surface area contributed by atoms with Gasteiger partial charge in [0.25, 0.3) is 0 Å². The summed E-state index contributed by atoms with van der Waals surface area (Å²) in [5, 5.41) is 0.818. The van der Waals surface area contributed by atoms with Crippen molar-refractivity contribution in [2.75, 3.05) is 26.2 Å². The summed E-state index contributed by atoms with van der Waals surface area (Å²) in [6.45, 7) is 7.44. The molecule has 0 N–H and O–H groups in total. The fourth-order valence-electron chi connectivity index (χ4n) is 3.61. The maximum atomic E-state index is 13.2. The average Bonchev–Trinajstić information content (AvgIpc) is 2.67. The Labute approximate surface area is 161 Å². The smallest absolute Gasteiger partial charge is 0.245 e. The summed E-state index contributed by atoms with van der Waals surface area (Å²) in [7, 11) is -3.65. The second-order valence-electron chi connectivity index (χ2n) is 7.26. The molecule has 7 heteroatoms. The first kappa shape index (κ1) is 19.8. The minimum atomic E-state index is -3.65. The van der Waals surface area contributed by atoms with E-state index in [1.807, 2.05) is 26.0 Å². The van der Waals surface area contributed by atoms with Gasteiger partial charge in [-0.2, -0.15) is 4.31 Å². The maximum absolute atomic E-state index is 13.2. The Kier molecular flexibility index (Phi) is 5.81. The molecule has 0 spiro atoms. The van der Waals surface area contributed by atoms with E-state index >= 15 is 0 Å². The van der Waals surface area contributed by atoms with Crippen LogP contribution in [-0.2, 0) is 14.8 Å². The lowest BCUT2D eigenvalue weighted by atomic mass is 10.0. The number of nitrogens with zero attached hydrogens (tertiary/aromatic N) is 3. The number of carbonyl (C=O) groups is 1. The van der Waals surface area contributed by atoms with Crippen LogP contribution in [0, 0.1) is 12.8 Å². The lowest BCUT2D eigenvalue weighted by Crippen LogP contribution is -2.51. The molecule has 1 aromatic heterocycles. The first-order chi connectivity index (χ1) is 12.8. The van der Waals surface area contributed by atoms with Crippen LogP contribution in [0.4, 0.5) is 0 Å². The van der Waals surface area contributed by atoms with Gasteiger partial charge in [0, 0.05) is 43.7 Å². The highest BCUT2D eigenvalue weighted by Crippen LogP contribution is 2.26. The summed E-state index contributed by atoms with van der Waals surface area (Å²) < 4.78 is 27.8. The number of amides is 1. The third-order valence-electron chi connectivity index (χ3n) is 5.12. The minimum absolute atomic E-state index is 0.0105. The van der Waals surface area contributed by atoms with Crippen LogP contribution in [-0.4, -0.2) is 54.7 Å². The van der Waals surface area contributed by atoms with Crippen molar-refractivity contribution in [3.63, 3.8) is 0 Å². The highest BCUT2D eigenvalue weighted by molar-refractivity contribution is 7.89. The SMILES string of the molecule is CCCC(C)C(=O)N1CCN(S(=O)(=O)c2cccc3cc(C)cnc23)CC1. The quantitative estimate of drug-likeness (QED) is 0.788. The van der Waals surface area contributed by atoms with Crippen molar-refractivity contribution in [1.29, 1.82) is 0 Å². The van der Waals surface area contributed by atoms with Crippen LogP contribution in [0.2, 0.25) is 0 Å². The summed E-state index contributed by atoms with van der Waals surface area (Å²) in [4.78, 5) is 18.9. The summed E-state index contributed by atoms with van der Waals surface area (Å²) in [6, 6.07) is 7.18. The van der Waals surface area contributed by atoms with Gasteiger partial charge in [-0.25, -0.2) is 8.42 Å². The van der Waals surface area contributed by atoms with Gasteiger partial charge in [-0.1, -0.05) is 32.4 Å². The Balaban J connectivity index is 1.79. The standard InChI is InChI=1S/C20H27N3O3S/c1-4-6-16(3)20(24)22-9-11-23(12-10-22)27(25,26)18-8-5-7-17-13-15(2)14-21-19(17)18/h5,7-8,13-14,16H,4,6,9-12H2,1-3H3. The number of hydrogen-bond donors (Lipinski definition) is 0. The maximum Gasteiger partial charge on any atom is 0.245 e. The van der Waals surface area contributed by atoms with E-state index in [0.29, 0.717) is 31.7 Å². The number of aryl methyl sites for hydroxylation is 1. The van der Waals surface area contributed by atoms with Crippen LogP contribution in [0.5, 0.6) is 0 Å². The number of sulfonamides is 1. The number of fused-ring (bicyclic) bond motifs is 1. The number of piperazine rings is 1. The van der Waals surface area contributed by atoms with Crippen molar-refractivity contribution < 1.29 is 13.2 Å². The molecule has 1 saturated heterocycles. The Morgan fingerprint density at radius 3 is 2.59 bits per heavy atom. The van der Waals surface area contributed by atoms with E-state index in [1.165, 1.54) is 4.31 Å². The van der Waals surface area contributed by atoms with E-state index in [0.717, 1.165) is 23.8 Å². The molecule has 0 radical (unpaired) electrons. The monoisotopic (exact) mass is 389 g/mol. The van der Waals surface area contributed by atoms with Crippen LogP contribution in [0.15, 0.2) is 35.4 Å². The van der Waals surface area contributed by atoms with Gasteiger partial charge >= 0.3 is 0 Å². The third-order valence-corrected chi connectivity index (χ3v) is 7.05. The fourth-order valence-corrected chi connectivity index (χ4v) is 5.19. The molecule has 2 aromatic rings. The molecule has 1 aliphatic heterocycles. The molecular weight excluding hydrogens is 362 g/mol. The molecule has 1 aliphatic rings. The van der Waals surface area contributed by atoms with E-state index in [1.54, 1.807) is 23.2 Å².